The molecule has 0 saturated heterocycles. The number of carbonyl (C=O) groups excluding carboxylic acids is 1. The number of fused-ring (bicyclic) bond motifs is 2. The van der Waals surface area contributed by atoms with Crippen LogP contribution in [0, 0.1) is 23.2 Å². The maximum absolute atomic E-state index is 12.4. The lowest BCUT2D eigenvalue weighted by Crippen LogP contribution is -2.49. The number of imidazole rings is 1. The Balaban J connectivity index is 1.59. The van der Waals surface area contributed by atoms with Crippen molar-refractivity contribution in [3.63, 3.8) is 0 Å². The molecule has 4 atom stereocenters. The molecule has 3 heterocycles. The molecule has 2 unspecified atom stereocenters. The van der Waals surface area contributed by atoms with Crippen molar-refractivity contribution in [1.82, 2.24) is 24.8 Å². The van der Waals surface area contributed by atoms with Crippen molar-refractivity contribution in [3.8, 4) is 11.8 Å². The molecule has 1 amide bonds. The number of amides is 1. The average Bonchev–Trinajstić information content (AvgIpc) is 3.04. The van der Waals surface area contributed by atoms with Gasteiger partial charge in [0.25, 0.3) is 0 Å². The highest BCUT2D eigenvalue weighted by molar-refractivity contribution is 6.28. The largest absolute Gasteiger partial charge is 0.436 e. The first kappa shape index (κ1) is 19.8. The van der Waals surface area contributed by atoms with E-state index >= 15 is 0 Å². The predicted octanol–water partition coefficient (Wildman–Crippen LogP) is 0.676. The third kappa shape index (κ3) is 2.74. The molecule has 0 spiro atoms. The maximum atomic E-state index is 12.4. The summed E-state index contributed by atoms with van der Waals surface area (Å²) >= 11 is 5.77. The SMILES string of the molecule is CNC(=O)C12CC1C[C@](O)(n1cnc3c(NC)nc(C#Cc4ccc(Cl)o4)nc31)[C@@H]2O. The van der Waals surface area contributed by atoms with Gasteiger partial charge in [-0.15, -0.1) is 0 Å². The lowest BCUT2D eigenvalue weighted by atomic mass is 9.94. The molecule has 5 rings (SSSR count). The van der Waals surface area contributed by atoms with Gasteiger partial charge >= 0.3 is 0 Å². The highest BCUT2D eigenvalue weighted by Crippen LogP contribution is 2.68. The number of aliphatic hydroxyl groups excluding tert-OH is 1. The average molecular weight is 443 g/mol. The Kier molecular flexibility index (Phi) is 4.27. The van der Waals surface area contributed by atoms with Crippen molar-refractivity contribution in [2.75, 3.05) is 19.4 Å². The number of furan rings is 1. The lowest BCUT2D eigenvalue weighted by Gasteiger charge is -2.33. The van der Waals surface area contributed by atoms with Crippen molar-refractivity contribution in [1.29, 1.82) is 0 Å². The van der Waals surface area contributed by atoms with Gasteiger partial charge in [-0.1, -0.05) is 0 Å². The van der Waals surface area contributed by atoms with Gasteiger partial charge in [0.05, 0.1) is 11.7 Å². The van der Waals surface area contributed by atoms with E-state index in [4.69, 9.17) is 16.0 Å². The Hall–Kier alpha value is -3.13. The van der Waals surface area contributed by atoms with Gasteiger partial charge in [-0.3, -0.25) is 9.36 Å². The molecular weight excluding hydrogens is 424 g/mol. The monoisotopic (exact) mass is 442 g/mol. The Labute approximate surface area is 181 Å². The van der Waals surface area contributed by atoms with Gasteiger partial charge in [0, 0.05) is 20.5 Å². The highest BCUT2D eigenvalue weighted by Gasteiger charge is 2.76. The minimum atomic E-state index is -1.73. The number of aromatic nitrogens is 4. The van der Waals surface area contributed by atoms with Crippen molar-refractivity contribution < 1.29 is 19.4 Å². The zero-order chi connectivity index (χ0) is 22.0. The first-order valence-electron chi connectivity index (χ1n) is 9.67. The quantitative estimate of drug-likeness (QED) is 0.434. The van der Waals surface area contributed by atoms with E-state index < -0.39 is 17.2 Å². The van der Waals surface area contributed by atoms with Crippen LogP contribution in [0.5, 0.6) is 0 Å². The van der Waals surface area contributed by atoms with Crippen LogP contribution in [0.15, 0.2) is 22.9 Å². The van der Waals surface area contributed by atoms with E-state index in [-0.39, 0.29) is 34.9 Å². The summed E-state index contributed by atoms with van der Waals surface area (Å²) in [5.41, 5.74) is -2.04. The van der Waals surface area contributed by atoms with E-state index in [1.807, 2.05) is 0 Å². The Bertz CT molecular complexity index is 1280. The van der Waals surface area contributed by atoms with Crippen LogP contribution in [0.4, 0.5) is 5.82 Å². The van der Waals surface area contributed by atoms with E-state index in [9.17, 15) is 15.0 Å². The van der Waals surface area contributed by atoms with Gasteiger partial charge in [0.2, 0.25) is 11.7 Å². The number of hydrogen-bond donors (Lipinski definition) is 4. The van der Waals surface area contributed by atoms with E-state index in [2.05, 4.69) is 37.4 Å². The lowest BCUT2D eigenvalue weighted by molar-refractivity contribution is -0.155. The molecule has 10 nitrogen and oxygen atoms in total. The predicted molar refractivity (Wildman–Crippen MR) is 110 cm³/mol. The zero-order valence-corrected chi connectivity index (χ0v) is 17.4. The van der Waals surface area contributed by atoms with Gasteiger partial charge in [-0.05, 0) is 47.9 Å². The van der Waals surface area contributed by atoms with Crippen LogP contribution < -0.4 is 10.6 Å². The molecule has 31 heavy (non-hydrogen) atoms. The second-order valence-electron chi connectivity index (χ2n) is 7.79. The first-order chi connectivity index (χ1) is 14.8. The molecule has 2 aliphatic rings. The number of anilines is 1. The first-order valence-corrected chi connectivity index (χ1v) is 10.0. The fourth-order valence-electron chi connectivity index (χ4n) is 4.60. The van der Waals surface area contributed by atoms with Crippen LogP contribution in [-0.2, 0) is 10.5 Å². The van der Waals surface area contributed by atoms with Gasteiger partial charge in [0.1, 0.15) is 6.10 Å². The molecule has 3 aromatic rings. The Morgan fingerprint density at radius 3 is 2.81 bits per heavy atom. The molecule has 3 aromatic heterocycles. The Morgan fingerprint density at radius 2 is 2.13 bits per heavy atom. The number of hydrogen-bond acceptors (Lipinski definition) is 8. The molecular formula is C20H19ClN6O4. The van der Waals surface area contributed by atoms with Gasteiger partial charge < -0.3 is 25.3 Å². The molecule has 2 saturated carbocycles. The number of aliphatic hydroxyl groups is 2. The van der Waals surface area contributed by atoms with E-state index in [1.165, 1.54) is 17.9 Å². The van der Waals surface area contributed by atoms with Crippen molar-refractivity contribution in [2.45, 2.75) is 24.7 Å². The number of nitrogens with zero attached hydrogens (tertiary/aromatic N) is 4. The Morgan fingerprint density at radius 1 is 1.32 bits per heavy atom. The van der Waals surface area contributed by atoms with Crippen LogP contribution in [-0.4, -0.2) is 55.8 Å². The van der Waals surface area contributed by atoms with Crippen LogP contribution >= 0.6 is 11.6 Å². The summed E-state index contributed by atoms with van der Waals surface area (Å²) in [7, 11) is 3.20. The maximum Gasteiger partial charge on any atom is 0.229 e. The van der Waals surface area contributed by atoms with Gasteiger partial charge in [-0.25, -0.2) is 15.0 Å². The molecule has 0 aromatic carbocycles. The van der Waals surface area contributed by atoms with Crippen LogP contribution in [0.3, 0.4) is 0 Å². The topological polar surface area (TPSA) is 138 Å². The van der Waals surface area contributed by atoms with Crippen molar-refractivity contribution in [3.05, 3.63) is 35.3 Å². The zero-order valence-electron chi connectivity index (χ0n) is 16.7. The normalized spacial score (nSPS) is 28.7. The number of halogens is 1. The van der Waals surface area contributed by atoms with E-state index in [1.54, 1.807) is 19.2 Å². The third-order valence-corrected chi connectivity index (χ3v) is 6.40. The van der Waals surface area contributed by atoms with E-state index in [0.29, 0.717) is 23.5 Å². The second-order valence-corrected chi connectivity index (χ2v) is 8.16. The minimum Gasteiger partial charge on any atom is -0.436 e. The summed E-state index contributed by atoms with van der Waals surface area (Å²) in [5.74, 6) is 6.12. The van der Waals surface area contributed by atoms with Crippen molar-refractivity contribution in [2.24, 2.45) is 11.3 Å². The fraction of sp³-hybridized carbons (Fsp3) is 0.400. The fourth-order valence-corrected chi connectivity index (χ4v) is 4.75. The van der Waals surface area contributed by atoms with Gasteiger partial charge in [-0.2, -0.15) is 0 Å². The molecule has 0 radical (unpaired) electrons. The number of carbonyl (C=O) groups is 1. The summed E-state index contributed by atoms with van der Waals surface area (Å²) in [5, 5.41) is 28.2. The molecule has 2 aliphatic carbocycles. The number of rotatable bonds is 3. The van der Waals surface area contributed by atoms with Gasteiger partial charge in [0.15, 0.2) is 33.7 Å². The summed E-state index contributed by atoms with van der Waals surface area (Å²) in [6.07, 6.45) is 0.824. The molecule has 4 N–H and O–H groups in total. The standard InChI is InChI=1S/C20H19ClN6O4/c1-22-15-14-16(26-13(25-15)6-4-11-3-5-12(21)31-11)27(9-24-14)20(30)8-10-7-19(10,17(20)28)18(29)23-2/h3,5,9-10,17,28,30H,7-8H2,1-2H3,(H,23,29)(H,22,25,26)/t10?,17-,19?,20-/m1/s1. The van der Waals surface area contributed by atoms with Crippen LogP contribution in [0.2, 0.25) is 5.22 Å². The molecule has 0 bridgehead atoms. The summed E-state index contributed by atoms with van der Waals surface area (Å²) in [6.45, 7) is 0. The van der Waals surface area contributed by atoms with E-state index in [0.717, 1.165) is 0 Å². The van der Waals surface area contributed by atoms with Crippen molar-refractivity contribution >= 4 is 34.5 Å². The second kappa shape index (κ2) is 6.68. The molecule has 160 valence electrons. The summed E-state index contributed by atoms with van der Waals surface area (Å²) < 4.78 is 6.63. The van der Waals surface area contributed by atoms with Crippen LogP contribution in [0.1, 0.15) is 24.4 Å². The molecule has 11 heteroatoms. The highest BCUT2D eigenvalue weighted by atomic mass is 35.5. The number of nitrogens with one attached hydrogen (secondary N) is 2. The smallest absolute Gasteiger partial charge is 0.229 e. The molecule has 0 aliphatic heterocycles. The summed E-state index contributed by atoms with van der Waals surface area (Å²) in [6, 6.07) is 3.20. The third-order valence-electron chi connectivity index (χ3n) is 6.20. The minimum absolute atomic E-state index is 0.126. The van der Waals surface area contributed by atoms with Crippen LogP contribution in [0.25, 0.3) is 11.2 Å². The molecule has 2 fully saturated rings. The summed E-state index contributed by atoms with van der Waals surface area (Å²) in [4.78, 5) is 25.5.